The van der Waals surface area contributed by atoms with Gasteiger partial charge in [0, 0.05) is 12.1 Å². The number of rotatable bonds is 4. The van der Waals surface area contributed by atoms with E-state index in [1.165, 1.54) is 5.56 Å². The molecular weight excluding hydrogens is 228 g/mol. The van der Waals surface area contributed by atoms with Crippen LogP contribution in [0.15, 0.2) is 36.7 Å². The van der Waals surface area contributed by atoms with Gasteiger partial charge in [0.2, 0.25) is 0 Å². The molecule has 0 spiro atoms. The average molecular weight is 244 g/mol. The Morgan fingerprint density at radius 1 is 1.44 bits per heavy atom. The Labute approximate surface area is 106 Å². The highest BCUT2D eigenvalue weighted by atomic mass is 16.5. The first-order chi connectivity index (χ1) is 8.86. The standard InChI is InChI=1S/C14H16N2O2/c1-2-16-8-12(7-15-16)17-9-11-10-18-14-6-4-3-5-13(11)14/h3-8,11H,2,9-10H2,1H3. The molecule has 0 fully saturated rings. The Kier molecular flexibility index (Phi) is 2.92. The highest BCUT2D eigenvalue weighted by Crippen LogP contribution is 2.33. The van der Waals surface area contributed by atoms with Gasteiger partial charge in [0.05, 0.1) is 31.5 Å². The Morgan fingerprint density at radius 2 is 2.33 bits per heavy atom. The normalized spacial score (nSPS) is 17.3. The Balaban J connectivity index is 1.65. The molecule has 94 valence electrons. The molecule has 0 radical (unpaired) electrons. The molecule has 0 N–H and O–H groups in total. The van der Waals surface area contributed by atoms with Crippen molar-refractivity contribution in [3.63, 3.8) is 0 Å². The van der Waals surface area contributed by atoms with Crippen molar-refractivity contribution in [3.05, 3.63) is 42.2 Å². The van der Waals surface area contributed by atoms with Crippen molar-refractivity contribution in [3.8, 4) is 11.5 Å². The van der Waals surface area contributed by atoms with E-state index >= 15 is 0 Å². The molecule has 0 amide bonds. The lowest BCUT2D eigenvalue weighted by Gasteiger charge is -2.09. The Morgan fingerprint density at radius 3 is 3.17 bits per heavy atom. The number of nitrogens with zero attached hydrogens (tertiary/aromatic N) is 2. The van der Waals surface area contributed by atoms with Crippen LogP contribution in [0.1, 0.15) is 18.4 Å². The van der Waals surface area contributed by atoms with Crippen molar-refractivity contribution in [1.82, 2.24) is 9.78 Å². The number of benzene rings is 1. The number of aromatic nitrogens is 2. The molecule has 1 aromatic heterocycles. The smallest absolute Gasteiger partial charge is 0.157 e. The SMILES string of the molecule is CCn1cc(OCC2COc3ccccc32)cn1. The minimum atomic E-state index is 0.311. The van der Waals surface area contributed by atoms with E-state index in [-0.39, 0.29) is 0 Å². The summed E-state index contributed by atoms with van der Waals surface area (Å²) >= 11 is 0. The van der Waals surface area contributed by atoms with E-state index in [0.717, 1.165) is 18.0 Å². The van der Waals surface area contributed by atoms with Crippen LogP contribution in [-0.4, -0.2) is 23.0 Å². The minimum absolute atomic E-state index is 0.311. The van der Waals surface area contributed by atoms with Crippen LogP contribution in [0.2, 0.25) is 0 Å². The van der Waals surface area contributed by atoms with Gasteiger partial charge in [-0.3, -0.25) is 4.68 Å². The molecule has 3 rings (SSSR count). The average Bonchev–Trinajstić information content (AvgIpc) is 3.03. The molecule has 1 aliphatic heterocycles. The maximum atomic E-state index is 5.77. The van der Waals surface area contributed by atoms with Crippen molar-refractivity contribution in [1.29, 1.82) is 0 Å². The van der Waals surface area contributed by atoms with E-state index in [0.29, 0.717) is 19.1 Å². The van der Waals surface area contributed by atoms with Crippen LogP contribution >= 0.6 is 0 Å². The van der Waals surface area contributed by atoms with Crippen molar-refractivity contribution < 1.29 is 9.47 Å². The summed E-state index contributed by atoms with van der Waals surface area (Å²) < 4.78 is 13.2. The molecule has 1 aromatic carbocycles. The van der Waals surface area contributed by atoms with E-state index in [1.807, 2.05) is 29.1 Å². The number of para-hydroxylation sites is 1. The molecule has 0 saturated heterocycles. The molecule has 2 aromatic rings. The van der Waals surface area contributed by atoms with E-state index in [4.69, 9.17) is 9.47 Å². The van der Waals surface area contributed by atoms with Gasteiger partial charge in [0.15, 0.2) is 5.75 Å². The molecular formula is C14H16N2O2. The molecule has 0 bridgehead atoms. The van der Waals surface area contributed by atoms with Crippen LogP contribution in [-0.2, 0) is 6.54 Å². The minimum Gasteiger partial charge on any atom is -0.493 e. The summed E-state index contributed by atoms with van der Waals surface area (Å²) in [5.74, 6) is 2.11. The van der Waals surface area contributed by atoms with Gasteiger partial charge in [-0.1, -0.05) is 18.2 Å². The lowest BCUT2D eigenvalue weighted by molar-refractivity contribution is 0.248. The second-order valence-electron chi connectivity index (χ2n) is 4.39. The zero-order valence-electron chi connectivity index (χ0n) is 10.4. The van der Waals surface area contributed by atoms with Crippen molar-refractivity contribution in [2.75, 3.05) is 13.2 Å². The Bertz CT molecular complexity index is 536. The fraction of sp³-hybridized carbons (Fsp3) is 0.357. The first-order valence-corrected chi connectivity index (χ1v) is 6.24. The summed E-state index contributed by atoms with van der Waals surface area (Å²) in [6.07, 6.45) is 3.67. The quantitative estimate of drug-likeness (QED) is 0.829. The molecule has 0 aliphatic carbocycles. The van der Waals surface area contributed by atoms with Gasteiger partial charge in [0.1, 0.15) is 5.75 Å². The highest BCUT2D eigenvalue weighted by molar-refractivity contribution is 5.39. The van der Waals surface area contributed by atoms with Gasteiger partial charge in [-0.15, -0.1) is 0 Å². The first kappa shape index (κ1) is 11.1. The fourth-order valence-electron chi connectivity index (χ4n) is 2.16. The van der Waals surface area contributed by atoms with Gasteiger partial charge in [-0.2, -0.15) is 5.10 Å². The zero-order chi connectivity index (χ0) is 12.4. The molecule has 1 aliphatic rings. The lowest BCUT2D eigenvalue weighted by atomic mass is 10.0. The fourth-order valence-corrected chi connectivity index (χ4v) is 2.16. The van der Waals surface area contributed by atoms with Crippen LogP contribution in [0.25, 0.3) is 0 Å². The predicted molar refractivity (Wildman–Crippen MR) is 68.1 cm³/mol. The third-order valence-corrected chi connectivity index (χ3v) is 3.18. The van der Waals surface area contributed by atoms with Crippen molar-refractivity contribution in [2.24, 2.45) is 0 Å². The molecule has 1 atom stereocenters. The van der Waals surface area contributed by atoms with Crippen LogP contribution < -0.4 is 9.47 Å². The molecule has 4 heteroatoms. The Hall–Kier alpha value is -1.97. The third-order valence-electron chi connectivity index (χ3n) is 3.18. The van der Waals surface area contributed by atoms with E-state index < -0.39 is 0 Å². The highest BCUT2D eigenvalue weighted by Gasteiger charge is 2.24. The van der Waals surface area contributed by atoms with Crippen LogP contribution in [0.4, 0.5) is 0 Å². The molecule has 0 saturated carbocycles. The number of fused-ring (bicyclic) bond motifs is 1. The maximum absolute atomic E-state index is 5.77. The van der Waals surface area contributed by atoms with Gasteiger partial charge in [-0.05, 0) is 13.0 Å². The number of aryl methyl sites for hydroxylation is 1. The van der Waals surface area contributed by atoms with Gasteiger partial charge in [0.25, 0.3) is 0 Å². The first-order valence-electron chi connectivity index (χ1n) is 6.24. The van der Waals surface area contributed by atoms with Crippen LogP contribution in [0.3, 0.4) is 0 Å². The summed E-state index contributed by atoms with van der Waals surface area (Å²) in [5.41, 5.74) is 1.24. The van der Waals surface area contributed by atoms with Crippen molar-refractivity contribution >= 4 is 0 Å². The van der Waals surface area contributed by atoms with Crippen molar-refractivity contribution in [2.45, 2.75) is 19.4 Å². The van der Waals surface area contributed by atoms with Crippen LogP contribution in [0.5, 0.6) is 11.5 Å². The summed E-state index contributed by atoms with van der Waals surface area (Å²) in [5, 5.41) is 4.18. The van der Waals surface area contributed by atoms with Gasteiger partial charge < -0.3 is 9.47 Å². The summed E-state index contributed by atoms with van der Waals surface area (Å²) in [7, 11) is 0. The van der Waals surface area contributed by atoms with E-state index in [1.54, 1.807) is 6.20 Å². The largest absolute Gasteiger partial charge is 0.493 e. The molecule has 18 heavy (non-hydrogen) atoms. The zero-order valence-corrected chi connectivity index (χ0v) is 10.4. The molecule has 1 unspecified atom stereocenters. The summed E-state index contributed by atoms with van der Waals surface area (Å²) in [6.45, 7) is 4.24. The number of hydrogen-bond donors (Lipinski definition) is 0. The number of ether oxygens (including phenoxy) is 2. The number of hydrogen-bond acceptors (Lipinski definition) is 3. The third kappa shape index (κ3) is 2.06. The van der Waals surface area contributed by atoms with Crippen LogP contribution in [0, 0.1) is 0 Å². The van der Waals surface area contributed by atoms with Gasteiger partial charge in [-0.25, -0.2) is 0 Å². The molecule has 4 nitrogen and oxygen atoms in total. The second kappa shape index (κ2) is 4.72. The maximum Gasteiger partial charge on any atom is 0.157 e. The molecule has 2 heterocycles. The second-order valence-corrected chi connectivity index (χ2v) is 4.39. The summed E-state index contributed by atoms with van der Waals surface area (Å²) in [4.78, 5) is 0. The van der Waals surface area contributed by atoms with E-state index in [2.05, 4.69) is 18.1 Å². The lowest BCUT2D eigenvalue weighted by Crippen LogP contribution is -2.11. The topological polar surface area (TPSA) is 36.3 Å². The monoisotopic (exact) mass is 244 g/mol. The van der Waals surface area contributed by atoms with Gasteiger partial charge >= 0.3 is 0 Å². The predicted octanol–water partition coefficient (Wildman–Crippen LogP) is 2.46. The summed E-state index contributed by atoms with van der Waals surface area (Å²) in [6, 6.07) is 8.14. The van der Waals surface area contributed by atoms with E-state index in [9.17, 15) is 0 Å².